The van der Waals surface area contributed by atoms with Crippen LogP contribution in [-0.2, 0) is 24.9 Å². The standard InChI is InChI=1S/C32H32NS.C13H24O2.Ir/c1-20(2)28-18-24(17-23-7-5-6-8-25(23)28)30-31-27(13-16-33-30)26-10-9-22(19-29(26)34-31)21-11-14-32(3,4)15-12-21;1-5-10(6-2)12(14)9-13(15)11(7-3)8-4;/h5-10,13,16,18-21H,11-12,14-15H2,1-4H3;9-11,14H,5-8H2,1-4H3;/q-1;;/b;12-9-;. The van der Waals surface area contributed by atoms with E-state index in [1.165, 1.54) is 73.8 Å². The Balaban J connectivity index is 0.000000301. The number of carbonyl (C=O) groups excluding carboxylic acids is 1. The fourth-order valence-corrected chi connectivity index (χ4v) is 8.79. The maximum Gasteiger partial charge on any atom is 0.162 e. The number of allylic oxidation sites excluding steroid dienone is 2. The Morgan fingerprint density at radius 1 is 0.920 bits per heavy atom. The van der Waals surface area contributed by atoms with E-state index in [2.05, 4.69) is 88.4 Å². The molecule has 5 heteroatoms. The molecule has 0 unspecified atom stereocenters. The number of rotatable bonds is 10. The summed E-state index contributed by atoms with van der Waals surface area (Å²) >= 11 is 1.90. The first-order valence-electron chi connectivity index (χ1n) is 18.7. The van der Waals surface area contributed by atoms with Crippen LogP contribution in [0.4, 0.5) is 0 Å². The normalized spacial score (nSPS) is 15.1. The van der Waals surface area contributed by atoms with Gasteiger partial charge in [-0.2, -0.15) is 0 Å². The van der Waals surface area contributed by atoms with E-state index in [0.29, 0.717) is 17.3 Å². The third-order valence-corrected chi connectivity index (χ3v) is 12.2. The van der Waals surface area contributed by atoms with Gasteiger partial charge in [-0.3, -0.25) is 9.78 Å². The molecular formula is C45H56IrNO2S-. The second kappa shape index (κ2) is 17.6. The summed E-state index contributed by atoms with van der Waals surface area (Å²) in [6.45, 7) is 17.4. The van der Waals surface area contributed by atoms with Gasteiger partial charge >= 0.3 is 0 Å². The quantitative estimate of drug-likeness (QED) is 0.0864. The van der Waals surface area contributed by atoms with Crippen molar-refractivity contribution in [3.05, 3.63) is 89.8 Å². The summed E-state index contributed by atoms with van der Waals surface area (Å²) in [6.07, 6.45) is 12.1. The summed E-state index contributed by atoms with van der Waals surface area (Å²) in [7, 11) is 0. The predicted molar refractivity (Wildman–Crippen MR) is 212 cm³/mol. The maximum atomic E-state index is 11.7. The average Bonchev–Trinajstić information content (AvgIpc) is 3.47. The number of benzene rings is 3. The number of thiophene rings is 1. The molecule has 50 heavy (non-hydrogen) atoms. The van der Waals surface area contributed by atoms with Crippen LogP contribution < -0.4 is 0 Å². The summed E-state index contributed by atoms with van der Waals surface area (Å²) in [5.74, 6) is 1.69. The van der Waals surface area contributed by atoms with E-state index in [-0.39, 0.29) is 43.5 Å². The van der Waals surface area contributed by atoms with Gasteiger partial charge in [0.05, 0.1) is 5.76 Å². The summed E-state index contributed by atoms with van der Waals surface area (Å²) in [5.41, 5.74) is 5.56. The minimum Gasteiger partial charge on any atom is -0.512 e. The average molecular weight is 867 g/mol. The van der Waals surface area contributed by atoms with E-state index in [1.807, 2.05) is 45.2 Å². The third kappa shape index (κ3) is 8.95. The van der Waals surface area contributed by atoms with Crippen molar-refractivity contribution in [3.8, 4) is 11.3 Å². The zero-order valence-electron chi connectivity index (χ0n) is 31.4. The van der Waals surface area contributed by atoms with Crippen LogP contribution in [0.15, 0.2) is 72.6 Å². The zero-order valence-corrected chi connectivity index (χ0v) is 34.6. The minimum absolute atomic E-state index is 0. The van der Waals surface area contributed by atoms with Gasteiger partial charge in [0, 0.05) is 59.3 Å². The van der Waals surface area contributed by atoms with Gasteiger partial charge in [0.1, 0.15) is 0 Å². The van der Waals surface area contributed by atoms with Gasteiger partial charge in [0.25, 0.3) is 0 Å². The van der Waals surface area contributed by atoms with Gasteiger partial charge in [0.2, 0.25) is 0 Å². The van der Waals surface area contributed by atoms with Crippen molar-refractivity contribution in [3.63, 3.8) is 0 Å². The topological polar surface area (TPSA) is 50.2 Å². The first kappa shape index (κ1) is 39.9. The third-order valence-electron chi connectivity index (χ3n) is 11.0. The molecule has 0 amide bonds. The number of fused-ring (bicyclic) bond motifs is 4. The van der Waals surface area contributed by atoms with Crippen LogP contribution in [0, 0.1) is 23.3 Å². The van der Waals surface area contributed by atoms with Gasteiger partial charge in [-0.15, -0.1) is 40.5 Å². The van der Waals surface area contributed by atoms with Crippen LogP contribution in [0.3, 0.4) is 0 Å². The van der Waals surface area contributed by atoms with Crippen LogP contribution >= 0.6 is 11.3 Å². The SMILES string of the molecule is CC(C)c1cc(-c2nccc3c2sc2cc(C4CCC(C)(C)CC4)ccc23)[c-]c2ccccc12.CCC(CC)C(=O)/C=C(\O)C(CC)CC.[Ir]. The maximum absolute atomic E-state index is 11.7. The second-order valence-corrected chi connectivity index (χ2v) is 16.2. The molecule has 1 N–H and O–H groups in total. The molecule has 3 aromatic carbocycles. The molecular weight excluding hydrogens is 811 g/mol. The molecule has 1 fully saturated rings. The Labute approximate surface area is 318 Å². The number of aliphatic hydroxyl groups excluding tert-OH is 1. The van der Waals surface area contributed by atoms with Gasteiger partial charge in [-0.1, -0.05) is 96.7 Å². The summed E-state index contributed by atoms with van der Waals surface area (Å²) in [4.78, 5) is 16.6. The van der Waals surface area contributed by atoms with Gasteiger partial charge in [-0.25, -0.2) is 0 Å². The molecule has 1 radical (unpaired) electrons. The fourth-order valence-electron chi connectivity index (χ4n) is 7.54. The molecule has 6 rings (SSSR count). The second-order valence-electron chi connectivity index (χ2n) is 15.2. The number of hydrogen-bond donors (Lipinski definition) is 1. The molecule has 0 saturated heterocycles. The fraction of sp³-hybridized carbons (Fsp3) is 0.467. The molecule has 1 aliphatic rings. The molecule has 1 aliphatic carbocycles. The Kier molecular flexibility index (Phi) is 14.0. The van der Waals surface area contributed by atoms with Crippen molar-refractivity contribution >= 4 is 48.1 Å². The summed E-state index contributed by atoms with van der Waals surface area (Å²) < 4.78 is 2.66. The van der Waals surface area contributed by atoms with Crippen LogP contribution in [0.2, 0.25) is 0 Å². The molecule has 2 aromatic heterocycles. The van der Waals surface area contributed by atoms with Crippen molar-refractivity contribution in [2.45, 2.75) is 119 Å². The van der Waals surface area contributed by atoms with Crippen molar-refractivity contribution in [2.75, 3.05) is 0 Å². The Morgan fingerprint density at radius 3 is 2.22 bits per heavy atom. The number of nitrogens with zero attached hydrogens (tertiary/aromatic N) is 1. The smallest absolute Gasteiger partial charge is 0.162 e. The first-order valence-corrected chi connectivity index (χ1v) is 19.5. The zero-order chi connectivity index (χ0) is 35.3. The largest absolute Gasteiger partial charge is 0.512 e. The van der Waals surface area contributed by atoms with E-state index in [0.717, 1.165) is 36.9 Å². The van der Waals surface area contributed by atoms with Crippen molar-refractivity contribution in [1.82, 2.24) is 4.98 Å². The molecule has 0 atom stereocenters. The van der Waals surface area contributed by atoms with Crippen molar-refractivity contribution in [2.24, 2.45) is 17.3 Å². The summed E-state index contributed by atoms with van der Waals surface area (Å²) in [5, 5.41) is 14.9. The van der Waals surface area contributed by atoms with E-state index in [4.69, 9.17) is 4.98 Å². The Hall–Kier alpha value is -2.85. The molecule has 3 nitrogen and oxygen atoms in total. The molecule has 0 bridgehead atoms. The van der Waals surface area contributed by atoms with Gasteiger partial charge in [0.15, 0.2) is 5.78 Å². The molecule has 0 spiro atoms. The van der Waals surface area contributed by atoms with Crippen LogP contribution in [-0.4, -0.2) is 15.9 Å². The van der Waals surface area contributed by atoms with E-state index < -0.39 is 0 Å². The molecule has 269 valence electrons. The van der Waals surface area contributed by atoms with Crippen LogP contribution in [0.5, 0.6) is 0 Å². The van der Waals surface area contributed by atoms with Crippen LogP contribution in [0.25, 0.3) is 42.2 Å². The molecule has 2 heterocycles. The van der Waals surface area contributed by atoms with Gasteiger partial charge < -0.3 is 5.11 Å². The monoisotopic (exact) mass is 867 g/mol. The molecule has 0 aliphatic heterocycles. The number of hydrogen-bond acceptors (Lipinski definition) is 4. The molecule has 1 saturated carbocycles. The first-order chi connectivity index (χ1) is 23.5. The molecule has 5 aromatic rings. The number of pyridine rings is 1. The van der Waals surface area contributed by atoms with Crippen molar-refractivity contribution < 1.29 is 30.0 Å². The number of ketones is 1. The Morgan fingerprint density at radius 2 is 1.58 bits per heavy atom. The number of aromatic nitrogens is 1. The Bertz CT molecular complexity index is 1920. The minimum atomic E-state index is 0. The van der Waals surface area contributed by atoms with E-state index in [9.17, 15) is 9.90 Å². The number of aliphatic hydroxyl groups is 1. The summed E-state index contributed by atoms with van der Waals surface area (Å²) in [6, 6.07) is 24.0. The van der Waals surface area contributed by atoms with E-state index >= 15 is 0 Å². The predicted octanol–water partition coefficient (Wildman–Crippen LogP) is 13.7. The van der Waals surface area contributed by atoms with E-state index in [1.54, 1.807) is 0 Å². The van der Waals surface area contributed by atoms with Gasteiger partial charge in [-0.05, 0) is 97.1 Å². The van der Waals surface area contributed by atoms with Crippen molar-refractivity contribution in [1.29, 1.82) is 0 Å². The number of carbonyl (C=O) groups is 1. The van der Waals surface area contributed by atoms with Crippen LogP contribution in [0.1, 0.15) is 130 Å².